The standard InChI is InChI=1S/C19H16Cl2N6O4/c1-11-2-5-13(6-3-11)24-18-17(27(29)30)19(23-10-22-18)26-25-16(28)9-31-15-7-4-12(20)8-14(15)21/h2-8,10H,9H2,1H3,(H,25,28)(H2,22,23,24,26). The van der Waals surface area contributed by atoms with Crippen molar-refractivity contribution in [2.75, 3.05) is 17.3 Å². The molecule has 3 rings (SSSR count). The first-order valence-corrected chi connectivity index (χ1v) is 9.55. The Bertz CT molecular complexity index is 1110. The number of benzene rings is 2. The number of ether oxygens (including phenoxy) is 1. The molecular formula is C19H16Cl2N6O4. The van der Waals surface area contributed by atoms with Gasteiger partial charge in [0.2, 0.25) is 11.6 Å². The van der Waals surface area contributed by atoms with Gasteiger partial charge in [0.1, 0.15) is 12.1 Å². The molecule has 0 aliphatic heterocycles. The van der Waals surface area contributed by atoms with Crippen molar-refractivity contribution in [2.24, 2.45) is 0 Å². The van der Waals surface area contributed by atoms with Crippen LogP contribution < -0.4 is 20.9 Å². The van der Waals surface area contributed by atoms with E-state index in [9.17, 15) is 14.9 Å². The van der Waals surface area contributed by atoms with E-state index >= 15 is 0 Å². The second-order valence-electron chi connectivity index (χ2n) is 6.20. The molecule has 0 bridgehead atoms. The van der Waals surface area contributed by atoms with Gasteiger partial charge < -0.3 is 10.1 Å². The summed E-state index contributed by atoms with van der Waals surface area (Å²) in [6, 6.07) is 11.8. The molecule has 0 fully saturated rings. The molecule has 3 N–H and O–H groups in total. The van der Waals surface area contributed by atoms with Crippen molar-refractivity contribution in [3.05, 3.63) is 74.5 Å². The highest BCUT2D eigenvalue weighted by molar-refractivity contribution is 6.35. The molecule has 2 aromatic carbocycles. The maximum atomic E-state index is 12.1. The number of halogens is 2. The maximum absolute atomic E-state index is 12.1. The average molecular weight is 463 g/mol. The fraction of sp³-hybridized carbons (Fsp3) is 0.105. The van der Waals surface area contributed by atoms with E-state index in [4.69, 9.17) is 27.9 Å². The summed E-state index contributed by atoms with van der Waals surface area (Å²) in [5.41, 5.74) is 5.92. The van der Waals surface area contributed by atoms with Crippen molar-refractivity contribution in [3.63, 3.8) is 0 Å². The molecule has 0 radical (unpaired) electrons. The van der Waals surface area contributed by atoms with Crippen LogP contribution in [-0.2, 0) is 4.79 Å². The lowest BCUT2D eigenvalue weighted by atomic mass is 10.2. The second kappa shape index (κ2) is 9.92. The number of carbonyl (C=O) groups is 1. The first-order chi connectivity index (χ1) is 14.8. The van der Waals surface area contributed by atoms with Crippen LogP contribution in [0.15, 0.2) is 48.8 Å². The van der Waals surface area contributed by atoms with Gasteiger partial charge in [0, 0.05) is 10.7 Å². The van der Waals surface area contributed by atoms with Gasteiger partial charge >= 0.3 is 5.69 Å². The molecule has 0 aliphatic rings. The van der Waals surface area contributed by atoms with Crippen molar-refractivity contribution < 1.29 is 14.5 Å². The Hall–Kier alpha value is -3.63. The van der Waals surface area contributed by atoms with Crippen LogP contribution in [0.2, 0.25) is 10.0 Å². The summed E-state index contributed by atoms with van der Waals surface area (Å²) >= 11 is 11.8. The van der Waals surface area contributed by atoms with Crippen LogP contribution >= 0.6 is 23.2 Å². The quantitative estimate of drug-likeness (QED) is 0.334. The van der Waals surface area contributed by atoms with E-state index in [0.29, 0.717) is 10.7 Å². The molecule has 0 saturated carbocycles. The maximum Gasteiger partial charge on any atom is 0.355 e. The monoisotopic (exact) mass is 462 g/mol. The summed E-state index contributed by atoms with van der Waals surface area (Å²) in [5, 5.41) is 15.1. The molecule has 0 atom stereocenters. The molecule has 0 spiro atoms. The number of hydrogen-bond acceptors (Lipinski definition) is 8. The smallest absolute Gasteiger partial charge is 0.355 e. The molecule has 1 amide bonds. The lowest BCUT2D eigenvalue weighted by molar-refractivity contribution is -0.383. The van der Waals surface area contributed by atoms with Crippen molar-refractivity contribution in [1.29, 1.82) is 0 Å². The van der Waals surface area contributed by atoms with E-state index in [-0.39, 0.29) is 22.4 Å². The van der Waals surface area contributed by atoms with Crippen LogP contribution in [0.3, 0.4) is 0 Å². The van der Waals surface area contributed by atoms with Crippen molar-refractivity contribution in [3.8, 4) is 5.75 Å². The summed E-state index contributed by atoms with van der Waals surface area (Å²) in [4.78, 5) is 30.8. The number of hydrogen-bond donors (Lipinski definition) is 3. The number of amides is 1. The van der Waals surface area contributed by atoms with E-state index in [2.05, 4.69) is 26.1 Å². The van der Waals surface area contributed by atoms with Gasteiger partial charge in [-0.05, 0) is 37.3 Å². The SMILES string of the molecule is Cc1ccc(Nc2ncnc(NNC(=O)COc3ccc(Cl)cc3Cl)c2[N+](=O)[O-])cc1. The predicted octanol–water partition coefficient (Wildman–Crippen LogP) is 4.27. The van der Waals surface area contributed by atoms with Gasteiger partial charge in [-0.15, -0.1) is 0 Å². The first-order valence-electron chi connectivity index (χ1n) is 8.79. The van der Waals surface area contributed by atoms with Gasteiger partial charge in [-0.1, -0.05) is 40.9 Å². The van der Waals surface area contributed by atoms with Crippen LogP contribution in [-0.4, -0.2) is 27.4 Å². The van der Waals surface area contributed by atoms with Crippen LogP contribution in [0.1, 0.15) is 5.56 Å². The number of nitrogens with one attached hydrogen (secondary N) is 3. The van der Waals surface area contributed by atoms with E-state index < -0.39 is 23.1 Å². The van der Waals surface area contributed by atoms with Gasteiger partial charge in [-0.3, -0.25) is 25.8 Å². The zero-order chi connectivity index (χ0) is 22.4. The number of carbonyl (C=O) groups excluding carboxylic acids is 1. The summed E-state index contributed by atoms with van der Waals surface area (Å²) in [6.07, 6.45) is 1.13. The van der Waals surface area contributed by atoms with E-state index in [0.717, 1.165) is 11.9 Å². The molecule has 0 saturated heterocycles. The van der Waals surface area contributed by atoms with Crippen LogP contribution in [0.5, 0.6) is 5.75 Å². The average Bonchev–Trinajstić information content (AvgIpc) is 2.73. The third-order valence-corrected chi connectivity index (χ3v) is 4.42. The Labute approximate surface area is 186 Å². The lowest BCUT2D eigenvalue weighted by Gasteiger charge is -2.12. The summed E-state index contributed by atoms with van der Waals surface area (Å²) < 4.78 is 5.31. The Morgan fingerprint density at radius 3 is 2.52 bits per heavy atom. The number of aryl methyl sites for hydroxylation is 1. The number of anilines is 3. The summed E-state index contributed by atoms with van der Waals surface area (Å²) in [7, 11) is 0. The molecule has 1 aromatic heterocycles. The van der Waals surface area contributed by atoms with Gasteiger partial charge in [0.15, 0.2) is 6.61 Å². The molecule has 12 heteroatoms. The molecule has 10 nitrogen and oxygen atoms in total. The molecule has 0 aliphatic carbocycles. The molecule has 3 aromatic rings. The number of aromatic nitrogens is 2. The van der Waals surface area contributed by atoms with Crippen LogP contribution in [0.25, 0.3) is 0 Å². The Kier molecular flexibility index (Phi) is 7.06. The fourth-order valence-corrected chi connectivity index (χ4v) is 2.87. The summed E-state index contributed by atoms with van der Waals surface area (Å²) in [5.74, 6) is -0.594. The number of rotatable bonds is 8. The van der Waals surface area contributed by atoms with E-state index in [1.165, 1.54) is 12.1 Å². The minimum atomic E-state index is -0.658. The van der Waals surface area contributed by atoms with Gasteiger partial charge in [0.25, 0.3) is 5.91 Å². The largest absolute Gasteiger partial charge is 0.482 e. The first kappa shape index (κ1) is 22.1. The molecule has 0 unspecified atom stereocenters. The highest BCUT2D eigenvalue weighted by atomic mass is 35.5. The van der Waals surface area contributed by atoms with Gasteiger partial charge in [0.05, 0.1) is 9.95 Å². The Morgan fingerprint density at radius 1 is 1.13 bits per heavy atom. The molecular weight excluding hydrogens is 447 g/mol. The minimum absolute atomic E-state index is 0.0372. The third-order valence-electron chi connectivity index (χ3n) is 3.89. The second-order valence-corrected chi connectivity index (χ2v) is 7.05. The molecule has 1 heterocycles. The van der Waals surface area contributed by atoms with Gasteiger partial charge in [-0.2, -0.15) is 0 Å². The normalized spacial score (nSPS) is 10.3. The van der Waals surface area contributed by atoms with Crippen molar-refractivity contribution in [1.82, 2.24) is 15.4 Å². The van der Waals surface area contributed by atoms with Crippen LogP contribution in [0.4, 0.5) is 23.0 Å². The van der Waals surface area contributed by atoms with Crippen molar-refractivity contribution in [2.45, 2.75) is 6.92 Å². The highest BCUT2D eigenvalue weighted by Gasteiger charge is 2.23. The Balaban J connectivity index is 1.67. The van der Waals surface area contributed by atoms with Crippen LogP contribution in [0, 0.1) is 17.0 Å². The Morgan fingerprint density at radius 2 is 1.84 bits per heavy atom. The van der Waals surface area contributed by atoms with Crippen molar-refractivity contribution >= 4 is 52.1 Å². The third kappa shape index (κ3) is 5.93. The minimum Gasteiger partial charge on any atom is -0.482 e. The lowest BCUT2D eigenvalue weighted by Crippen LogP contribution is -2.34. The predicted molar refractivity (Wildman–Crippen MR) is 117 cm³/mol. The van der Waals surface area contributed by atoms with E-state index in [1.807, 2.05) is 19.1 Å². The molecule has 160 valence electrons. The zero-order valence-corrected chi connectivity index (χ0v) is 17.6. The topological polar surface area (TPSA) is 131 Å². The number of nitrogens with zero attached hydrogens (tertiary/aromatic N) is 3. The molecule has 31 heavy (non-hydrogen) atoms. The van der Waals surface area contributed by atoms with E-state index in [1.54, 1.807) is 18.2 Å². The fourth-order valence-electron chi connectivity index (χ4n) is 2.41. The zero-order valence-electron chi connectivity index (χ0n) is 16.1. The van der Waals surface area contributed by atoms with Gasteiger partial charge in [-0.25, -0.2) is 9.97 Å². The number of hydrazine groups is 1. The highest BCUT2D eigenvalue weighted by Crippen LogP contribution is 2.31. The number of nitro groups is 1. The summed E-state index contributed by atoms with van der Waals surface area (Å²) in [6.45, 7) is 1.52.